The van der Waals surface area contributed by atoms with E-state index in [9.17, 15) is 20.1 Å². The lowest BCUT2D eigenvalue weighted by Crippen LogP contribution is -2.65. The summed E-state index contributed by atoms with van der Waals surface area (Å²) in [6.07, 6.45) is -2.96. The van der Waals surface area contributed by atoms with E-state index in [0.29, 0.717) is 5.75 Å². The van der Waals surface area contributed by atoms with Gasteiger partial charge in [-0.15, -0.1) is 0 Å². The molecule has 0 aliphatic carbocycles. The average molecular weight is 336 g/mol. The molecule has 1 aromatic carbocycles. The summed E-state index contributed by atoms with van der Waals surface area (Å²) in [5.74, 6) is 0.0599. The number of hydrogen-bond donors (Lipinski definition) is 5. The molecule has 24 heavy (non-hydrogen) atoms. The van der Waals surface area contributed by atoms with Crippen LogP contribution in [0.2, 0.25) is 0 Å². The Kier molecular flexibility index (Phi) is 4.72. The molecule has 5 N–H and O–H groups in total. The van der Waals surface area contributed by atoms with E-state index in [4.69, 9.17) is 9.47 Å². The number of rotatable bonds is 4. The number of ether oxygens (including phenoxy) is 2. The number of H-pyrrole nitrogens is 1. The average Bonchev–Trinajstić information content (AvgIpc) is 2.97. The molecule has 1 fully saturated rings. The number of aliphatic hydroxyl groups excluding tert-OH is 3. The van der Waals surface area contributed by atoms with Crippen LogP contribution in [0.15, 0.2) is 30.5 Å². The summed E-state index contributed by atoms with van der Waals surface area (Å²) in [5.41, 5.74) is 0.859. The summed E-state index contributed by atoms with van der Waals surface area (Å²) >= 11 is 0. The number of carbonyl (C=O) groups is 1. The van der Waals surface area contributed by atoms with E-state index in [1.165, 1.54) is 6.92 Å². The maximum absolute atomic E-state index is 11.3. The summed E-state index contributed by atoms with van der Waals surface area (Å²) in [6.45, 7) is 0.820. The lowest BCUT2D eigenvalue weighted by atomic mass is 9.96. The second kappa shape index (κ2) is 6.78. The summed E-state index contributed by atoms with van der Waals surface area (Å²) < 4.78 is 11.1. The zero-order chi connectivity index (χ0) is 17.3. The van der Waals surface area contributed by atoms with Gasteiger partial charge in [0.25, 0.3) is 0 Å². The van der Waals surface area contributed by atoms with E-state index in [2.05, 4.69) is 10.3 Å². The van der Waals surface area contributed by atoms with Crippen LogP contribution in [-0.2, 0) is 9.53 Å². The number of para-hydroxylation sites is 1. The SMILES string of the molecule is CC(=O)N[C@@H]1[C@@H](O)[C@H](Oc2c[nH]c3ccccc23)[C@@H](CO)O[C@H]1O. The topological polar surface area (TPSA) is 124 Å². The molecule has 1 aromatic heterocycles. The molecule has 1 aliphatic heterocycles. The molecule has 0 spiro atoms. The molecule has 3 rings (SSSR count). The Labute approximate surface area is 138 Å². The fourth-order valence-electron chi connectivity index (χ4n) is 2.91. The fourth-order valence-corrected chi connectivity index (χ4v) is 2.91. The Balaban J connectivity index is 1.86. The van der Waals surface area contributed by atoms with Gasteiger partial charge in [0.05, 0.1) is 6.61 Å². The number of aromatic nitrogens is 1. The highest BCUT2D eigenvalue weighted by molar-refractivity contribution is 5.85. The molecular weight excluding hydrogens is 316 g/mol. The largest absolute Gasteiger partial charge is 0.483 e. The minimum atomic E-state index is -1.44. The molecule has 8 nitrogen and oxygen atoms in total. The maximum atomic E-state index is 11.3. The van der Waals surface area contributed by atoms with Gasteiger partial charge in [0.1, 0.15) is 24.0 Å². The predicted molar refractivity (Wildman–Crippen MR) is 84.3 cm³/mol. The van der Waals surface area contributed by atoms with Gasteiger partial charge in [0.15, 0.2) is 12.4 Å². The Bertz CT molecular complexity index is 717. The first kappa shape index (κ1) is 16.7. The number of fused-ring (bicyclic) bond motifs is 1. The highest BCUT2D eigenvalue weighted by Gasteiger charge is 2.46. The Hall–Kier alpha value is -2.13. The molecule has 0 radical (unpaired) electrons. The van der Waals surface area contributed by atoms with Crippen LogP contribution in [0.3, 0.4) is 0 Å². The van der Waals surface area contributed by atoms with Crippen molar-refractivity contribution >= 4 is 16.8 Å². The lowest BCUT2D eigenvalue weighted by Gasteiger charge is -2.42. The third-order valence-electron chi connectivity index (χ3n) is 4.06. The Morgan fingerprint density at radius 2 is 2.12 bits per heavy atom. The highest BCUT2D eigenvalue weighted by atomic mass is 16.6. The van der Waals surface area contributed by atoms with Gasteiger partial charge >= 0.3 is 0 Å². The Morgan fingerprint density at radius 1 is 1.38 bits per heavy atom. The van der Waals surface area contributed by atoms with Crippen LogP contribution < -0.4 is 10.1 Å². The minimum absolute atomic E-state index is 0.421. The third-order valence-corrected chi connectivity index (χ3v) is 4.06. The number of aliphatic hydroxyl groups is 3. The Morgan fingerprint density at radius 3 is 2.83 bits per heavy atom. The van der Waals surface area contributed by atoms with Gasteiger partial charge in [-0.1, -0.05) is 12.1 Å². The summed E-state index contributed by atoms with van der Waals surface area (Å²) in [4.78, 5) is 14.3. The van der Waals surface area contributed by atoms with Crippen molar-refractivity contribution in [3.63, 3.8) is 0 Å². The number of carbonyl (C=O) groups excluding carboxylic acids is 1. The van der Waals surface area contributed by atoms with Crippen LogP contribution in [0.5, 0.6) is 5.75 Å². The van der Waals surface area contributed by atoms with Crippen LogP contribution in [0.4, 0.5) is 0 Å². The van der Waals surface area contributed by atoms with Gasteiger partial charge in [0.2, 0.25) is 5.91 Å². The van der Waals surface area contributed by atoms with Gasteiger partial charge in [-0.2, -0.15) is 0 Å². The molecule has 1 aliphatic rings. The van der Waals surface area contributed by atoms with E-state index >= 15 is 0 Å². The summed E-state index contributed by atoms with van der Waals surface area (Å²) in [6, 6.07) is 6.40. The van der Waals surface area contributed by atoms with Crippen LogP contribution in [0.25, 0.3) is 10.9 Å². The summed E-state index contributed by atoms with van der Waals surface area (Å²) in [7, 11) is 0. The number of nitrogens with one attached hydrogen (secondary N) is 2. The van der Waals surface area contributed by atoms with E-state index in [-0.39, 0.29) is 0 Å². The second-order valence-corrected chi connectivity index (χ2v) is 5.75. The van der Waals surface area contributed by atoms with Crippen LogP contribution >= 0.6 is 0 Å². The number of benzene rings is 1. The van der Waals surface area contributed by atoms with Gasteiger partial charge in [-0.05, 0) is 12.1 Å². The number of aromatic amines is 1. The molecule has 8 heteroatoms. The first-order valence-electron chi connectivity index (χ1n) is 7.63. The van der Waals surface area contributed by atoms with E-state index in [0.717, 1.165) is 10.9 Å². The molecule has 0 bridgehead atoms. The molecule has 2 aromatic rings. The standard InChI is InChI=1S/C16H20N2O6/c1-8(20)18-13-14(21)15(12(7-19)24-16(13)22)23-11-6-17-10-5-3-2-4-9(10)11/h2-6,12-17,19,21-22H,7H2,1H3,(H,18,20)/t12-,13-,14-,15-,16-/m1/s1. The van der Waals surface area contributed by atoms with Crippen LogP contribution in [0, 0.1) is 0 Å². The van der Waals surface area contributed by atoms with E-state index < -0.39 is 43.2 Å². The van der Waals surface area contributed by atoms with Crippen molar-refractivity contribution in [2.24, 2.45) is 0 Å². The molecule has 2 heterocycles. The summed E-state index contributed by atoms with van der Waals surface area (Å²) in [5, 5.41) is 33.2. The van der Waals surface area contributed by atoms with E-state index in [1.807, 2.05) is 24.3 Å². The zero-order valence-electron chi connectivity index (χ0n) is 13.0. The predicted octanol–water partition coefficient (Wildman–Crippen LogP) is -0.510. The highest BCUT2D eigenvalue weighted by Crippen LogP contribution is 2.30. The molecule has 1 saturated heterocycles. The van der Waals surface area contributed by atoms with Crippen LogP contribution in [0.1, 0.15) is 6.92 Å². The van der Waals surface area contributed by atoms with Crippen molar-refractivity contribution in [1.29, 1.82) is 0 Å². The van der Waals surface area contributed by atoms with Gasteiger partial charge in [-0.25, -0.2) is 0 Å². The minimum Gasteiger partial charge on any atom is -0.483 e. The quantitative estimate of drug-likeness (QED) is 0.512. The molecule has 0 saturated carbocycles. The molecule has 5 atom stereocenters. The third kappa shape index (κ3) is 3.09. The van der Waals surface area contributed by atoms with Crippen molar-refractivity contribution in [2.45, 2.75) is 37.6 Å². The van der Waals surface area contributed by atoms with Crippen molar-refractivity contribution < 1.29 is 29.6 Å². The van der Waals surface area contributed by atoms with Crippen molar-refractivity contribution in [1.82, 2.24) is 10.3 Å². The van der Waals surface area contributed by atoms with Crippen molar-refractivity contribution in [2.75, 3.05) is 6.61 Å². The normalized spacial score (nSPS) is 30.2. The zero-order valence-corrected chi connectivity index (χ0v) is 13.0. The smallest absolute Gasteiger partial charge is 0.217 e. The first-order valence-corrected chi connectivity index (χ1v) is 7.63. The second-order valence-electron chi connectivity index (χ2n) is 5.75. The molecular formula is C16H20N2O6. The van der Waals surface area contributed by atoms with E-state index in [1.54, 1.807) is 6.20 Å². The monoisotopic (exact) mass is 336 g/mol. The number of amides is 1. The van der Waals surface area contributed by atoms with Gasteiger partial charge < -0.3 is 35.1 Å². The number of hydrogen-bond acceptors (Lipinski definition) is 6. The first-order chi connectivity index (χ1) is 11.5. The van der Waals surface area contributed by atoms with Gasteiger partial charge in [0, 0.05) is 24.0 Å². The van der Waals surface area contributed by atoms with Crippen molar-refractivity contribution in [3.8, 4) is 5.75 Å². The maximum Gasteiger partial charge on any atom is 0.217 e. The molecule has 0 unspecified atom stereocenters. The fraction of sp³-hybridized carbons (Fsp3) is 0.438. The van der Waals surface area contributed by atoms with Crippen LogP contribution in [-0.4, -0.2) is 63.5 Å². The lowest BCUT2D eigenvalue weighted by molar-refractivity contribution is -0.248. The molecule has 1 amide bonds. The molecule has 130 valence electrons. The van der Waals surface area contributed by atoms with Gasteiger partial charge in [-0.3, -0.25) is 4.79 Å². The van der Waals surface area contributed by atoms with Crippen molar-refractivity contribution in [3.05, 3.63) is 30.5 Å².